The summed E-state index contributed by atoms with van der Waals surface area (Å²) in [4.78, 5) is 2.51. The molecule has 1 aliphatic rings. The van der Waals surface area contributed by atoms with Crippen molar-refractivity contribution in [3.8, 4) is 0 Å². The van der Waals surface area contributed by atoms with Crippen molar-refractivity contribution in [1.82, 2.24) is 6.15 Å². The molecule has 0 radical (unpaired) electrons. The van der Waals surface area contributed by atoms with E-state index in [1.165, 1.54) is 56.4 Å². The summed E-state index contributed by atoms with van der Waals surface area (Å²) in [6, 6.07) is 6.35. The highest BCUT2D eigenvalue weighted by Gasteiger charge is 2.15. The molecule has 2 rings (SSSR count). The van der Waals surface area contributed by atoms with Gasteiger partial charge in [-0.2, -0.15) is 0 Å². The lowest BCUT2D eigenvalue weighted by atomic mass is 10.0. The first-order chi connectivity index (χ1) is 8.33. The Morgan fingerprint density at radius 1 is 1.17 bits per heavy atom. The smallest absolute Gasteiger partial charge is 0.0458 e. The van der Waals surface area contributed by atoms with Gasteiger partial charge in [-0.1, -0.05) is 31.0 Å². The molecule has 3 N–H and O–H groups in total. The number of unbranched alkanes of at least 4 members (excludes halogenated alkanes) is 1. The van der Waals surface area contributed by atoms with Crippen molar-refractivity contribution in [3.63, 3.8) is 0 Å². The predicted molar refractivity (Wildman–Crippen MR) is 81.2 cm³/mol. The zero-order valence-corrected chi connectivity index (χ0v) is 12.2. The molecular weight excluding hydrogens is 244 g/mol. The molecule has 0 spiro atoms. The van der Waals surface area contributed by atoms with Gasteiger partial charge in [-0.05, 0) is 49.8 Å². The number of hydrogen-bond acceptors (Lipinski definition) is 2. The highest BCUT2D eigenvalue weighted by molar-refractivity contribution is 6.31. The van der Waals surface area contributed by atoms with Crippen molar-refractivity contribution in [1.29, 1.82) is 0 Å². The third-order valence-corrected chi connectivity index (χ3v) is 3.93. The van der Waals surface area contributed by atoms with Gasteiger partial charge < -0.3 is 11.1 Å². The Morgan fingerprint density at radius 3 is 2.56 bits per heavy atom. The van der Waals surface area contributed by atoms with Crippen LogP contribution in [0.1, 0.15) is 44.6 Å². The molecule has 1 heterocycles. The van der Waals surface area contributed by atoms with Gasteiger partial charge in [0.2, 0.25) is 0 Å². The minimum Gasteiger partial charge on any atom is -0.371 e. The average molecular weight is 269 g/mol. The van der Waals surface area contributed by atoms with E-state index in [1.807, 2.05) is 6.07 Å². The summed E-state index contributed by atoms with van der Waals surface area (Å²) in [5.41, 5.74) is 2.74. The molecule has 3 heteroatoms. The molecule has 18 heavy (non-hydrogen) atoms. The summed E-state index contributed by atoms with van der Waals surface area (Å²) in [5.74, 6) is 0. The third kappa shape index (κ3) is 3.63. The van der Waals surface area contributed by atoms with Gasteiger partial charge in [0, 0.05) is 23.8 Å². The number of piperidine rings is 1. The number of halogens is 1. The average Bonchev–Trinajstić information content (AvgIpc) is 2.38. The van der Waals surface area contributed by atoms with E-state index < -0.39 is 0 Å². The second kappa shape index (κ2) is 7.65. The fraction of sp³-hybridized carbons (Fsp3) is 0.600. The Hall–Kier alpha value is -0.730. The lowest BCUT2D eigenvalue weighted by Crippen LogP contribution is -2.30. The van der Waals surface area contributed by atoms with Gasteiger partial charge in [0.25, 0.3) is 0 Å². The maximum atomic E-state index is 6.36. The normalized spacial score (nSPS) is 15.3. The van der Waals surface area contributed by atoms with Crippen molar-refractivity contribution in [2.24, 2.45) is 0 Å². The van der Waals surface area contributed by atoms with Gasteiger partial charge in [0.15, 0.2) is 0 Å². The van der Waals surface area contributed by atoms with Crippen LogP contribution in [-0.2, 0) is 6.42 Å². The molecule has 2 nitrogen and oxygen atoms in total. The molecule has 1 aromatic carbocycles. The second-order valence-corrected chi connectivity index (χ2v) is 5.30. The fourth-order valence-corrected chi connectivity index (χ4v) is 2.84. The van der Waals surface area contributed by atoms with E-state index in [2.05, 4.69) is 24.0 Å². The molecular formula is C15H25ClN2. The van der Waals surface area contributed by atoms with Crippen molar-refractivity contribution in [2.45, 2.75) is 45.4 Å². The molecule has 0 amide bonds. The highest BCUT2D eigenvalue weighted by atomic mass is 35.5. The van der Waals surface area contributed by atoms with Gasteiger partial charge in [-0.25, -0.2) is 0 Å². The van der Waals surface area contributed by atoms with Gasteiger partial charge >= 0.3 is 0 Å². The number of nitrogens with zero attached hydrogens (tertiary/aromatic N) is 1. The molecule has 0 unspecified atom stereocenters. The zero-order valence-electron chi connectivity index (χ0n) is 11.4. The second-order valence-electron chi connectivity index (χ2n) is 4.89. The molecule has 1 fully saturated rings. The maximum Gasteiger partial charge on any atom is 0.0458 e. The lowest BCUT2D eigenvalue weighted by molar-refractivity contribution is 0.576. The largest absolute Gasteiger partial charge is 0.371 e. The van der Waals surface area contributed by atoms with Crippen LogP contribution in [0, 0.1) is 0 Å². The van der Waals surface area contributed by atoms with E-state index in [0.29, 0.717) is 0 Å². The number of anilines is 1. The monoisotopic (exact) mass is 268 g/mol. The minimum atomic E-state index is 0. The lowest BCUT2D eigenvalue weighted by Gasteiger charge is -2.31. The first kappa shape index (κ1) is 15.3. The summed E-state index contributed by atoms with van der Waals surface area (Å²) in [7, 11) is 0. The van der Waals surface area contributed by atoms with E-state index >= 15 is 0 Å². The van der Waals surface area contributed by atoms with Crippen molar-refractivity contribution < 1.29 is 0 Å². The summed E-state index contributed by atoms with van der Waals surface area (Å²) >= 11 is 6.36. The van der Waals surface area contributed by atoms with Gasteiger partial charge in [-0.15, -0.1) is 0 Å². The predicted octanol–water partition coefficient (Wildman–Crippen LogP) is 4.83. The Morgan fingerprint density at radius 2 is 1.89 bits per heavy atom. The van der Waals surface area contributed by atoms with Crippen LogP contribution < -0.4 is 11.1 Å². The quantitative estimate of drug-likeness (QED) is 0.849. The van der Waals surface area contributed by atoms with E-state index in [4.69, 9.17) is 11.6 Å². The van der Waals surface area contributed by atoms with E-state index in [9.17, 15) is 0 Å². The summed E-state index contributed by atoms with van der Waals surface area (Å²) in [6.45, 7) is 4.62. The SMILES string of the molecule is CCCCc1c(Cl)cccc1N1CCCCC1.N. The van der Waals surface area contributed by atoms with Crippen molar-refractivity contribution in [3.05, 3.63) is 28.8 Å². The first-order valence-corrected chi connectivity index (χ1v) is 7.23. The standard InChI is InChI=1S/C15H22ClN.H3N/c1-2-3-8-13-14(16)9-7-10-15(13)17-11-5-4-6-12-17;/h7,9-10H,2-6,8,11-12H2,1H3;1H3. The van der Waals surface area contributed by atoms with Gasteiger partial charge in [-0.3, -0.25) is 0 Å². The van der Waals surface area contributed by atoms with Crippen LogP contribution in [0.5, 0.6) is 0 Å². The minimum absolute atomic E-state index is 0. The molecule has 0 atom stereocenters. The highest BCUT2D eigenvalue weighted by Crippen LogP contribution is 2.30. The summed E-state index contributed by atoms with van der Waals surface area (Å²) in [6.07, 6.45) is 7.58. The Bertz CT molecular complexity index is 360. The van der Waals surface area contributed by atoms with Crippen molar-refractivity contribution in [2.75, 3.05) is 18.0 Å². The third-order valence-electron chi connectivity index (χ3n) is 3.57. The molecule has 0 aromatic heterocycles. The van der Waals surface area contributed by atoms with Crippen LogP contribution in [0.4, 0.5) is 5.69 Å². The Labute approximate surface area is 116 Å². The maximum absolute atomic E-state index is 6.36. The molecule has 1 aromatic rings. The van der Waals surface area contributed by atoms with E-state index in [-0.39, 0.29) is 6.15 Å². The number of rotatable bonds is 4. The topological polar surface area (TPSA) is 38.2 Å². The molecule has 1 saturated heterocycles. The molecule has 1 aliphatic heterocycles. The van der Waals surface area contributed by atoms with Crippen molar-refractivity contribution >= 4 is 17.3 Å². The van der Waals surface area contributed by atoms with Crippen LogP contribution in [0.3, 0.4) is 0 Å². The molecule has 0 aliphatic carbocycles. The van der Waals surface area contributed by atoms with Crippen LogP contribution in [0.2, 0.25) is 5.02 Å². The van der Waals surface area contributed by atoms with E-state index in [1.54, 1.807) is 0 Å². The van der Waals surface area contributed by atoms with Crippen LogP contribution in [0.15, 0.2) is 18.2 Å². The van der Waals surface area contributed by atoms with Gasteiger partial charge in [0.1, 0.15) is 0 Å². The molecule has 0 saturated carbocycles. The van der Waals surface area contributed by atoms with Crippen LogP contribution in [0.25, 0.3) is 0 Å². The van der Waals surface area contributed by atoms with E-state index in [0.717, 1.165) is 11.4 Å². The Balaban J connectivity index is 0.00000162. The van der Waals surface area contributed by atoms with Crippen LogP contribution in [-0.4, -0.2) is 13.1 Å². The number of hydrogen-bond donors (Lipinski definition) is 1. The van der Waals surface area contributed by atoms with Gasteiger partial charge in [0.05, 0.1) is 0 Å². The number of benzene rings is 1. The summed E-state index contributed by atoms with van der Waals surface area (Å²) in [5, 5.41) is 0.946. The zero-order chi connectivity index (χ0) is 12.1. The van der Waals surface area contributed by atoms with Crippen LogP contribution >= 0.6 is 11.6 Å². The molecule has 102 valence electrons. The first-order valence-electron chi connectivity index (χ1n) is 6.85. The molecule has 0 bridgehead atoms. The fourth-order valence-electron chi connectivity index (χ4n) is 2.58. The summed E-state index contributed by atoms with van der Waals surface area (Å²) < 4.78 is 0. The Kier molecular flexibility index (Phi) is 6.51.